The highest BCUT2D eigenvalue weighted by molar-refractivity contribution is 8.00. The van der Waals surface area contributed by atoms with Gasteiger partial charge in [-0.25, -0.2) is 9.97 Å². The maximum Gasteiger partial charge on any atom is 0.433 e. The molecule has 0 bridgehead atoms. The van der Waals surface area contributed by atoms with Gasteiger partial charge in [-0.2, -0.15) is 13.2 Å². The van der Waals surface area contributed by atoms with E-state index in [0.717, 1.165) is 29.1 Å². The molecule has 32 heavy (non-hydrogen) atoms. The van der Waals surface area contributed by atoms with Gasteiger partial charge >= 0.3 is 6.18 Å². The lowest BCUT2D eigenvalue weighted by atomic mass is 10.1. The molecule has 5 nitrogen and oxygen atoms in total. The van der Waals surface area contributed by atoms with Gasteiger partial charge in [-0.3, -0.25) is 4.79 Å². The van der Waals surface area contributed by atoms with Crippen LogP contribution in [0.1, 0.15) is 18.2 Å². The van der Waals surface area contributed by atoms with Crippen molar-refractivity contribution in [1.82, 2.24) is 15.3 Å². The molecule has 0 saturated heterocycles. The van der Waals surface area contributed by atoms with E-state index in [-0.39, 0.29) is 16.8 Å². The van der Waals surface area contributed by atoms with Crippen LogP contribution < -0.4 is 10.1 Å². The second-order valence-corrected chi connectivity index (χ2v) is 8.21. The highest BCUT2D eigenvalue weighted by Crippen LogP contribution is 2.32. The van der Waals surface area contributed by atoms with Gasteiger partial charge in [0.25, 0.3) is 0 Å². The first kappa shape index (κ1) is 23.6. The second kappa shape index (κ2) is 10.5. The number of nitrogens with zero attached hydrogens (tertiary/aromatic N) is 2. The van der Waals surface area contributed by atoms with E-state index in [1.165, 1.54) is 0 Å². The Balaban J connectivity index is 1.69. The van der Waals surface area contributed by atoms with Crippen LogP contribution in [0.4, 0.5) is 13.2 Å². The molecule has 1 heterocycles. The third-order valence-corrected chi connectivity index (χ3v) is 5.56. The van der Waals surface area contributed by atoms with E-state index in [0.29, 0.717) is 18.5 Å². The fraction of sp³-hybridized carbons (Fsp3) is 0.261. The maximum absolute atomic E-state index is 13.4. The zero-order valence-electron chi connectivity index (χ0n) is 17.5. The minimum absolute atomic E-state index is 0.106. The first-order valence-corrected chi connectivity index (χ1v) is 10.7. The standard InChI is InChI=1S/C23H22F3N3O2S/c1-15(21(30)27-13-12-17-10-6-7-11-19(17)31-2)32-22-28-18(16-8-4-3-5-9-16)14-20(29-22)23(24,25)26/h3-11,14-15H,12-13H2,1-2H3,(H,27,30)/t15-/m1/s1. The summed E-state index contributed by atoms with van der Waals surface area (Å²) in [5.74, 6) is 0.419. The molecule has 0 spiro atoms. The molecule has 0 unspecified atom stereocenters. The summed E-state index contributed by atoms with van der Waals surface area (Å²) in [4.78, 5) is 20.4. The van der Waals surface area contributed by atoms with Crippen LogP contribution in [-0.2, 0) is 17.4 Å². The first-order chi connectivity index (χ1) is 15.3. The minimum atomic E-state index is -4.62. The van der Waals surface area contributed by atoms with Crippen molar-refractivity contribution >= 4 is 17.7 Å². The number of benzene rings is 2. The Morgan fingerprint density at radius 1 is 1.09 bits per heavy atom. The molecule has 1 N–H and O–H groups in total. The number of amides is 1. The highest BCUT2D eigenvalue weighted by Gasteiger charge is 2.34. The molecule has 9 heteroatoms. The van der Waals surface area contributed by atoms with Gasteiger partial charge in [-0.1, -0.05) is 60.3 Å². The number of carbonyl (C=O) groups is 1. The number of alkyl halides is 3. The normalized spacial score (nSPS) is 12.3. The van der Waals surface area contributed by atoms with Crippen LogP contribution in [0, 0.1) is 0 Å². The lowest BCUT2D eigenvalue weighted by Crippen LogP contribution is -2.32. The summed E-state index contributed by atoms with van der Waals surface area (Å²) in [5.41, 5.74) is 0.595. The Hall–Kier alpha value is -3.07. The van der Waals surface area contributed by atoms with Crippen LogP contribution in [0.25, 0.3) is 11.3 Å². The molecule has 1 atom stereocenters. The van der Waals surface area contributed by atoms with E-state index in [1.54, 1.807) is 44.4 Å². The molecular weight excluding hydrogens is 439 g/mol. The predicted octanol–water partition coefficient (Wildman–Crippen LogP) is 5.01. The smallest absolute Gasteiger partial charge is 0.433 e. The van der Waals surface area contributed by atoms with Gasteiger partial charge in [0.15, 0.2) is 5.16 Å². The van der Waals surface area contributed by atoms with Gasteiger partial charge in [-0.15, -0.1) is 0 Å². The van der Waals surface area contributed by atoms with Crippen molar-refractivity contribution < 1.29 is 22.7 Å². The first-order valence-electron chi connectivity index (χ1n) is 9.86. The molecule has 1 amide bonds. The quantitative estimate of drug-likeness (QED) is 0.377. The monoisotopic (exact) mass is 461 g/mol. The Bertz CT molecular complexity index is 1060. The van der Waals surface area contributed by atoms with Crippen LogP contribution in [0.2, 0.25) is 0 Å². The van der Waals surface area contributed by atoms with Crippen molar-refractivity contribution in [3.8, 4) is 17.0 Å². The van der Waals surface area contributed by atoms with E-state index >= 15 is 0 Å². The molecular formula is C23H22F3N3O2S. The molecule has 3 aromatic rings. The zero-order chi connectivity index (χ0) is 23.1. The lowest BCUT2D eigenvalue weighted by Gasteiger charge is -2.14. The number of para-hydroxylation sites is 1. The van der Waals surface area contributed by atoms with Crippen molar-refractivity contribution in [3.63, 3.8) is 0 Å². The molecule has 0 radical (unpaired) electrons. The third-order valence-electron chi connectivity index (χ3n) is 4.60. The number of hydrogen-bond acceptors (Lipinski definition) is 5. The molecule has 0 aliphatic carbocycles. The number of rotatable bonds is 8. The fourth-order valence-electron chi connectivity index (χ4n) is 2.97. The average Bonchev–Trinajstić information content (AvgIpc) is 2.79. The van der Waals surface area contributed by atoms with Crippen LogP contribution in [0.15, 0.2) is 65.8 Å². The summed E-state index contributed by atoms with van der Waals surface area (Å²) in [7, 11) is 1.58. The number of carbonyl (C=O) groups excluding carboxylic acids is 1. The van der Waals surface area contributed by atoms with Crippen molar-refractivity contribution in [2.45, 2.75) is 29.9 Å². The summed E-state index contributed by atoms with van der Waals surface area (Å²) in [6.07, 6.45) is -4.06. The van der Waals surface area contributed by atoms with E-state index in [1.807, 2.05) is 24.3 Å². The van der Waals surface area contributed by atoms with Crippen molar-refractivity contribution in [2.24, 2.45) is 0 Å². The molecule has 3 rings (SSSR count). The van der Waals surface area contributed by atoms with Gasteiger partial charge in [0, 0.05) is 12.1 Å². The van der Waals surface area contributed by atoms with Gasteiger partial charge in [0.05, 0.1) is 18.1 Å². The number of nitrogens with one attached hydrogen (secondary N) is 1. The van der Waals surface area contributed by atoms with Crippen LogP contribution >= 0.6 is 11.8 Å². The SMILES string of the molecule is COc1ccccc1CCNC(=O)[C@@H](C)Sc1nc(-c2ccccc2)cc(C(F)(F)F)n1. The van der Waals surface area contributed by atoms with Gasteiger partial charge in [0.1, 0.15) is 11.4 Å². The highest BCUT2D eigenvalue weighted by atomic mass is 32.2. The molecule has 0 aliphatic rings. The van der Waals surface area contributed by atoms with Crippen molar-refractivity contribution in [1.29, 1.82) is 0 Å². The fourth-order valence-corrected chi connectivity index (χ4v) is 3.77. The number of ether oxygens (including phenoxy) is 1. The van der Waals surface area contributed by atoms with E-state index in [4.69, 9.17) is 4.74 Å². The predicted molar refractivity (Wildman–Crippen MR) is 117 cm³/mol. The topological polar surface area (TPSA) is 64.1 Å². The minimum Gasteiger partial charge on any atom is -0.496 e. The number of hydrogen-bond donors (Lipinski definition) is 1. The number of methoxy groups -OCH3 is 1. The van der Waals surface area contributed by atoms with Crippen molar-refractivity contribution in [2.75, 3.05) is 13.7 Å². The average molecular weight is 462 g/mol. The van der Waals surface area contributed by atoms with E-state index in [2.05, 4.69) is 15.3 Å². The largest absolute Gasteiger partial charge is 0.496 e. The van der Waals surface area contributed by atoms with Crippen LogP contribution in [0.3, 0.4) is 0 Å². The molecule has 2 aromatic carbocycles. The number of halogens is 3. The maximum atomic E-state index is 13.4. The van der Waals surface area contributed by atoms with Gasteiger partial charge < -0.3 is 10.1 Å². The summed E-state index contributed by atoms with van der Waals surface area (Å²) < 4.78 is 45.4. The Morgan fingerprint density at radius 3 is 2.47 bits per heavy atom. The van der Waals surface area contributed by atoms with Crippen LogP contribution in [-0.4, -0.2) is 34.8 Å². The summed E-state index contributed by atoms with van der Waals surface area (Å²) in [6, 6.07) is 16.9. The van der Waals surface area contributed by atoms with E-state index < -0.39 is 17.1 Å². The zero-order valence-corrected chi connectivity index (χ0v) is 18.3. The summed E-state index contributed by atoms with van der Waals surface area (Å²) in [5, 5.41) is 2.01. The Labute approximate surface area is 188 Å². The van der Waals surface area contributed by atoms with Gasteiger partial charge in [-0.05, 0) is 31.0 Å². The Morgan fingerprint density at radius 2 is 1.78 bits per heavy atom. The van der Waals surface area contributed by atoms with Crippen molar-refractivity contribution in [3.05, 3.63) is 71.9 Å². The third kappa shape index (κ3) is 6.23. The Kier molecular flexibility index (Phi) is 7.74. The number of aromatic nitrogens is 2. The summed E-state index contributed by atoms with van der Waals surface area (Å²) >= 11 is 0.886. The number of thioether (sulfide) groups is 1. The lowest BCUT2D eigenvalue weighted by molar-refractivity contribution is -0.141. The molecule has 0 saturated carbocycles. The van der Waals surface area contributed by atoms with E-state index in [9.17, 15) is 18.0 Å². The summed E-state index contributed by atoms with van der Waals surface area (Å²) in [6.45, 7) is 1.97. The van der Waals surface area contributed by atoms with Gasteiger partial charge in [0.2, 0.25) is 5.91 Å². The van der Waals surface area contributed by atoms with Crippen LogP contribution in [0.5, 0.6) is 5.75 Å². The molecule has 168 valence electrons. The molecule has 0 fully saturated rings. The molecule has 1 aromatic heterocycles. The second-order valence-electron chi connectivity index (χ2n) is 6.90. The molecule has 0 aliphatic heterocycles.